The largest absolute Gasteiger partial charge is 0.328 e. The van der Waals surface area contributed by atoms with Crippen molar-refractivity contribution < 1.29 is 20.0 Å². The molecule has 0 aliphatic heterocycles. The van der Waals surface area contributed by atoms with Gasteiger partial charge in [0.25, 0.3) is 0 Å². The topological polar surface area (TPSA) is 127 Å². The highest BCUT2D eigenvalue weighted by molar-refractivity contribution is 6.34. The molecule has 0 saturated heterocycles. The molecule has 0 spiro atoms. The molecule has 0 atom stereocenters. The SMILES string of the molecule is O=C(N[N]O)C(=O)N[N]O. The average molecular weight is 148 g/mol. The Morgan fingerprint density at radius 2 is 1.30 bits per heavy atom. The maximum atomic E-state index is 10.2. The summed E-state index contributed by atoms with van der Waals surface area (Å²) in [5.41, 5.74) is 7.09. The molecule has 8 nitrogen and oxygen atoms in total. The molecule has 0 unspecified atom stereocenters. The van der Waals surface area contributed by atoms with E-state index in [4.69, 9.17) is 10.4 Å². The Labute approximate surface area is 55.1 Å². The summed E-state index contributed by atoms with van der Waals surface area (Å²) < 4.78 is 0. The number of rotatable bonds is 2. The fourth-order valence-electron chi connectivity index (χ4n) is 0.192. The molecule has 2 amide bonds. The Bertz CT molecular complexity index is 119. The third kappa shape index (κ3) is 2.94. The standard InChI is InChI=1S/C2H4N4O4/c7-1(3-5-9)2(8)4-6-10/h9-10H,(H,3,7)(H,4,8). The number of carbonyl (C=O) groups is 2. The number of carbonyl (C=O) groups excluding carboxylic acids is 2. The first kappa shape index (κ1) is 8.78. The van der Waals surface area contributed by atoms with Crippen molar-refractivity contribution in [1.82, 2.24) is 22.0 Å². The van der Waals surface area contributed by atoms with Crippen molar-refractivity contribution in [3.05, 3.63) is 0 Å². The van der Waals surface area contributed by atoms with Crippen molar-refractivity contribution in [2.24, 2.45) is 0 Å². The molecule has 0 aromatic rings. The molecule has 56 valence electrons. The molecule has 0 rings (SSSR count). The second-order valence-electron chi connectivity index (χ2n) is 1.08. The summed E-state index contributed by atoms with van der Waals surface area (Å²) in [6, 6.07) is 0. The van der Waals surface area contributed by atoms with Crippen LogP contribution in [0.5, 0.6) is 0 Å². The summed E-state index contributed by atoms with van der Waals surface area (Å²) in [6.07, 6.45) is 0. The van der Waals surface area contributed by atoms with Crippen LogP contribution < -0.4 is 22.0 Å². The summed E-state index contributed by atoms with van der Waals surface area (Å²) in [5.74, 6) is -2.47. The summed E-state index contributed by atoms with van der Waals surface area (Å²) in [5, 5.41) is 15.3. The van der Waals surface area contributed by atoms with E-state index in [0.29, 0.717) is 0 Å². The second kappa shape index (κ2) is 4.64. The number of nitrogens with zero attached hydrogens (tertiary/aromatic N) is 2. The zero-order chi connectivity index (χ0) is 7.98. The molecule has 2 radical (unpaired) electrons. The van der Waals surface area contributed by atoms with E-state index in [1.807, 2.05) is 0 Å². The van der Waals surface area contributed by atoms with Crippen molar-refractivity contribution in [1.29, 1.82) is 0 Å². The molecule has 8 heteroatoms. The lowest BCUT2D eigenvalue weighted by molar-refractivity contribution is -0.144. The van der Waals surface area contributed by atoms with Gasteiger partial charge in [-0.2, -0.15) is 0 Å². The van der Waals surface area contributed by atoms with Gasteiger partial charge in [0.2, 0.25) is 0 Å². The molecule has 4 N–H and O–H groups in total. The zero-order valence-corrected chi connectivity index (χ0v) is 4.61. The third-order valence-corrected chi connectivity index (χ3v) is 0.509. The van der Waals surface area contributed by atoms with Crippen LogP contribution in [0.25, 0.3) is 0 Å². The molecule has 0 aliphatic carbocycles. The van der Waals surface area contributed by atoms with Crippen LogP contribution in [0.15, 0.2) is 0 Å². The van der Waals surface area contributed by atoms with Gasteiger partial charge in [0.05, 0.1) is 0 Å². The van der Waals surface area contributed by atoms with Crippen LogP contribution >= 0.6 is 0 Å². The molecule has 0 saturated carbocycles. The summed E-state index contributed by atoms with van der Waals surface area (Å²) in [7, 11) is 0. The molecular weight excluding hydrogens is 144 g/mol. The molecule has 0 aliphatic rings. The van der Waals surface area contributed by atoms with Gasteiger partial charge in [-0.3, -0.25) is 20.0 Å². The number of hydrogen-bond acceptors (Lipinski definition) is 4. The Kier molecular flexibility index (Phi) is 4.07. The van der Waals surface area contributed by atoms with Crippen LogP contribution in [0.1, 0.15) is 0 Å². The predicted molar refractivity (Wildman–Crippen MR) is 24.1 cm³/mol. The number of nitrogens with one attached hydrogen (secondary N) is 2. The molecule has 0 heterocycles. The van der Waals surface area contributed by atoms with E-state index in [9.17, 15) is 9.59 Å². The highest BCUT2D eigenvalue weighted by Crippen LogP contribution is 1.61. The zero-order valence-electron chi connectivity index (χ0n) is 4.61. The van der Waals surface area contributed by atoms with E-state index < -0.39 is 11.8 Å². The highest BCUT2D eigenvalue weighted by Gasteiger charge is 2.11. The van der Waals surface area contributed by atoms with Gasteiger partial charge in [0.15, 0.2) is 0 Å². The predicted octanol–water partition coefficient (Wildman–Crippen LogP) is -2.96. The Hall–Kier alpha value is -1.22. The van der Waals surface area contributed by atoms with Crippen molar-refractivity contribution in [2.45, 2.75) is 0 Å². The Balaban J connectivity index is 3.60. The van der Waals surface area contributed by atoms with Crippen LogP contribution in [0.3, 0.4) is 0 Å². The second-order valence-corrected chi connectivity index (χ2v) is 1.08. The van der Waals surface area contributed by atoms with Gasteiger partial charge in [-0.05, 0) is 0 Å². The van der Waals surface area contributed by atoms with Gasteiger partial charge >= 0.3 is 11.8 Å². The van der Waals surface area contributed by atoms with Gasteiger partial charge in [0, 0.05) is 11.2 Å². The minimum Gasteiger partial charge on any atom is -0.278 e. The molecule has 0 aromatic carbocycles. The van der Waals surface area contributed by atoms with Gasteiger partial charge in [-0.25, -0.2) is 10.9 Å². The Morgan fingerprint density at radius 1 is 1.00 bits per heavy atom. The lowest BCUT2D eigenvalue weighted by Crippen LogP contribution is -2.44. The van der Waals surface area contributed by atoms with Crippen LogP contribution in [-0.4, -0.2) is 22.2 Å². The quantitative estimate of drug-likeness (QED) is 0.246. The van der Waals surface area contributed by atoms with Crippen LogP contribution in [0.4, 0.5) is 0 Å². The summed E-state index contributed by atoms with van der Waals surface area (Å²) in [4.78, 5) is 20.4. The number of amides is 2. The van der Waals surface area contributed by atoms with E-state index >= 15 is 0 Å². The van der Waals surface area contributed by atoms with Crippen LogP contribution in [0.2, 0.25) is 0 Å². The lowest BCUT2D eigenvalue weighted by Gasteiger charge is -1.96. The smallest absolute Gasteiger partial charge is 0.278 e. The normalized spacial score (nSPS) is 8.60. The molecule has 0 aromatic heterocycles. The molecule has 10 heavy (non-hydrogen) atoms. The highest BCUT2D eigenvalue weighted by atomic mass is 16.5. The van der Waals surface area contributed by atoms with Crippen molar-refractivity contribution in [3.63, 3.8) is 0 Å². The fourth-order valence-corrected chi connectivity index (χ4v) is 0.192. The molecule has 0 fully saturated rings. The molecular formula is C2H4N4O4. The average Bonchev–Trinajstić information content (AvgIpc) is 1.89. The van der Waals surface area contributed by atoms with E-state index in [1.54, 1.807) is 0 Å². The first-order valence-electron chi connectivity index (χ1n) is 2.01. The van der Waals surface area contributed by atoms with E-state index in [0.717, 1.165) is 0 Å². The molecule has 0 bridgehead atoms. The third-order valence-electron chi connectivity index (χ3n) is 0.509. The monoisotopic (exact) mass is 148 g/mol. The first-order chi connectivity index (χ1) is 4.72. The van der Waals surface area contributed by atoms with Gasteiger partial charge < -0.3 is 0 Å². The minimum atomic E-state index is -1.24. The van der Waals surface area contributed by atoms with Gasteiger partial charge in [0.1, 0.15) is 0 Å². The van der Waals surface area contributed by atoms with Crippen molar-refractivity contribution >= 4 is 11.8 Å². The van der Waals surface area contributed by atoms with E-state index in [-0.39, 0.29) is 0 Å². The summed E-state index contributed by atoms with van der Waals surface area (Å²) >= 11 is 0. The first-order valence-corrected chi connectivity index (χ1v) is 2.01. The van der Waals surface area contributed by atoms with E-state index in [1.165, 1.54) is 10.9 Å². The van der Waals surface area contributed by atoms with Gasteiger partial charge in [-0.1, -0.05) is 0 Å². The van der Waals surface area contributed by atoms with Crippen LogP contribution in [0, 0.1) is 0 Å². The van der Waals surface area contributed by atoms with Crippen LogP contribution in [-0.2, 0) is 9.59 Å². The summed E-state index contributed by atoms with van der Waals surface area (Å²) in [6.45, 7) is 0. The maximum Gasteiger partial charge on any atom is 0.328 e. The fraction of sp³-hybridized carbons (Fsp3) is 0. The minimum absolute atomic E-state index is 1.24. The van der Waals surface area contributed by atoms with Crippen molar-refractivity contribution in [3.8, 4) is 0 Å². The lowest BCUT2D eigenvalue weighted by atomic mass is 10.6. The van der Waals surface area contributed by atoms with Gasteiger partial charge in [-0.15, -0.1) is 0 Å². The maximum absolute atomic E-state index is 10.2. The number of hydrogen-bond donors (Lipinski definition) is 4. The van der Waals surface area contributed by atoms with Crippen molar-refractivity contribution in [2.75, 3.05) is 0 Å². The Morgan fingerprint density at radius 3 is 1.50 bits per heavy atom. The van der Waals surface area contributed by atoms with E-state index in [2.05, 4.69) is 11.2 Å².